The van der Waals surface area contributed by atoms with Crippen molar-refractivity contribution in [3.63, 3.8) is 0 Å². The Morgan fingerprint density at radius 2 is 1.87 bits per heavy atom. The van der Waals surface area contributed by atoms with Crippen LogP contribution in [0.2, 0.25) is 0 Å². The van der Waals surface area contributed by atoms with E-state index in [1.165, 1.54) is 45.2 Å². The lowest BCUT2D eigenvalue weighted by molar-refractivity contribution is 0.338. The minimum absolute atomic E-state index is 0.454. The van der Waals surface area contributed by atoms with Gasteiger partial charge in [-0.2, -0.15) is 0 Å². The lowest BCUT2D eigenvalue weighted by atomic mass is 9.89. The van der Waals surface area contributed by atoms with Crippen molar-refractivity contribution in [1.29, 1.82) is 0 Å². The molecular weight excluding hydrogens is 208 g/mol. The van der Waals surface area contributed by atoms with Crippen LogP contribution in [0.3, 0.4) is 0 Å². The van der Waals surface area contributed by atoms with E-state index in [2.05, 4.69) is 24.3 Å². The van der Waals surface area contributed by atoms with Crippen LogP contribution in [0, 0.1) is 5.92 Å². The molecule has 0 atom stereocenters. The van der Waals surface area contributed by atoms with Crippen molar-refractivity contribution in [1.82, 2.24) is 10.2 Å². The number of nitrogens with one attached hydrogen (secondary N) is 1. The molecule has 0 saturated heterocycles. The highest BCUT2D eigenvalue weighted by Gasteiger charge is 2.18. The maximum atomic E-state index is 6.07. The van der Waals surface area contributed by atoms with Gasteiger partial charge in [0.05, 0.1) is 0 Å². The van der Waals surface area contributed by atoms with Crippen molar-refractivity contribution in [2.45, 2.75) is 37.5 Å². The molecule has 1 aliphatic carbocycles. The fourth-order valence-corrected chi connectivity index (χ4v) is 2.40. The fourth-order valence-electron chi connectivity index (χ4n) is 2.15. The van der Waals surface area contributed by atoms with Crippen LogP contribution in [0.4, 0.5) is 0 Å². The summed E-state index contributed by atoms with van der Waals surface area (Å²) < 4.78 is 0. The largest absolute Gasteiger partial charge is 0.316 e. The molecule has 0 aliphatic heterocycles. The third-order valence-electron chi connectivity index (χ3n) is 3.17. The predicted molar refractivity (Wildman–Crippen MR) is 67.6 cm³/mol. The van der Waals surface area contributed by atoms with E-state index in [1.54, 1.807) is 0 Å². The first-order valence-electron chi connectivity index (χ1n) is 6.18. The second kappa shape index (κ2) is 7.48. The maximum Gasteiger partial charge on any atom is 0.0336 e. The first kappa shape index (κ1) is 13.3. The molecule has 0 spiro atoms. The van der Waals surface area contributed by atoms with Crippen LogP contribution < -0.4 is 5.32 Å². The summed E-state index contributed by atoms with van der Waals surface area (Å²) in [7, 11) is 4.25. The van der Waals surface area contributed by atoms with Crippen molar-refractivity contribution >= 4 is 11.6 Å². The Labute approximate surface area is 99.4 Å². The van der Waals surface area contributed by atoms with Gasteiger partial charge >= 0.3 is 0 Å². The lowest BCUT2D eigenvalue weighted by Crippen LogP contribution is -2.28. The van der Waals surface area contributed by atoms with Crippen LogP contribution in [0.25, 0.3) is 0 Å². The third-order valence-corrected chi connectivity index (χ3v) is 3.60. The summed E-state index contributed by atoms with van der Waals surface area (Å²) in [6.45, 7) is 3.53. The first-order chi connectivity index (χ1) is 7.18. The van der Waals surface area contributed by atoms with Gasteiger partial charge in [-0.25, -0.2) is 0 Å². The Balaban J connectivity index is 1.91. The normalized spacial score (nSPS) is 27.2. The summed E-state index contributed by atoms with van der Waals surface area (Å²) in [4.78, 5) is 2.24. The lowest BCUT2D eigenvalue weighted by Gasteiger charge is -2.25. The number of hydrogen-bond acceptors (Lipinski definition) is 2. The van der Waals surface area contributed by atoms with Crippen molar-refractivity contribution in [3.8, 4) is 0 Å². The zero-order valence-electron chi connectivity index (χ0n) is 10.1. The Morgan fingerprint density at radius 3 is 2.47 bits per heavy atom. The molecule has 0 aromatic heterocycles. The van der Waals surface area contributed by atoms with E-state index in [0.717, 1.165) is 12.5 Å². The molecule has 1 saturated carbocycles. The van der Waals surface area contributed by atoms with E-state index in [1.807, 2.05) is 0 Å². The van der Waals surface area contributed by atoms with E-state index in [0.29, 0.717) is 5.38 Å². The van der Waals surface area contributed by atoms with Crippen molar-refractivity contribution in [2.24, 2.45) is 5.92 Å². The summed E-state index contributed by atoms with van der Waals surface area (Å²) in [6, 6.07) is 0. The summed E-state index contributed by atoms with van der Waals surface area (Å²) >= 11 is 6.07. The second-order valence-electron chi connectivity index (χ2n) is 4.98. The smallest absolute Gasteiger partial charge is 0.0336 e. The number of alkyl halides is 1. The van der Waals surface area contributed by atoms with Crippen LogP contribution >= 0.6 is 11.6 Å². The van der Waals surface area contributed by atoms with Gasteiger partial charge in [-0.1, -0.05) is 0 Å². The fraction of sp³-hybridized carbons (Fsp3) is 1.00. The molecule has 1 fully saturated rings. The third kappa shape index (κ3) is 6.39. The van der Waals surface area contributed by atoms with E-state index in [9.17, 15) is 0 Å². The van der Waals surface area contributed by atoms with Gasteiger partial charge in [0.15, 0.2) is 0 Å². The minimum Gasteiger partial charge on any atom is -0.316 e. The van der Waals surface area contributed by atoms with Gasteiger partial charge < -0.3 is 10.2 Å². The maximum absolute atomic E-state index is 6.07. The summed E-state index contributed by atoms with van der Waals surface area (Å²) in [6.07, 6.45) is 6.30. The molecule has 1 rings (SSSR count). The van der Waals surface area contributed by atoms with Gasteiger partial charge in [0.25, 0.3) is 0 Å². The molecule has 0 unspecified atom stereocenters. The minimum atomic E-state index is 0.454. The molecule has 3 heteroatoms. The van der Waals surface area contributed by atoms with Gasteiger partial charge in [-0.15, -0.1) is 11.6 Å². The second-order valence-corrected chi connectivity index (χ2v) is 5.60. The van der Waals surface area contributed by atoms with Gasteiger partial charge in [0.1, 0.15) is 0 Å². The standard InChI is InChI=1S/C12H25ClN2/c1-15(2)9-3-8-14-10-11-4-6-12(13)7-5-11/h11-12,14H,3-10H2,1-2H3. The molecule has 2 nitrogen and oxygen atoms in total. The van der Waals surface area contributed by atoms with Crippen LogP contribution in [0.1, 0.15) is 32.1 Å². The average molecular weight is 233 g/mol. The van der Waals surface area contributed by atoms with Crippen LogP contribution in [-0.4, -0.2) is 44.0 Å². The molecule has 1 N–H and O–H groups in total. The Hall–Kier alpha value is 0.210. The number of nitrogens with zero attached hydrogens (tertiary/aromatic N) is 1. The van der Waals surface area contributed by atoms with E-state index >= 15 is 0 Å². The Bertz CT molecular complexity index is 154. The van der Waals surface area contributed by atoms with Crippen molar-refractivity contribution in [3.05, 3.63) is 0 Å². The summed E-state index contributed by atoms with van der Waals surface area (Å²) in [5.74, 6) is 0.874. The highest BCUT2D eigenvalue weighted by Crippen LogP contribution is 2.26. The van der Waals surface area contributed by atoms with E-state index in [4.69, 9.17) is 11.6 Å². The van der Waals surface area contributed by atoms with Crippen molar-refractivity contribution < 1.29 is 0 Å². The Kier molecular flexibility index (Phi) is 6.62. The topological polar surface area (TPSA) is 15.3 Å². The van der Waals surface area contributed by atoms with Gasteiger partial charge in [0, 0.05) is 5.38 Å². The quantitative estimate of drug-likeness (QED) is 0.559. The number of halogens is 1. The van der Waals surface area contributed by atoms with Gasteiger partial charge in [-0.3, -0.25) is 0 Å². The molecule has 0 radical (unpaired) electrons. The summed E-state index contributed by atoms with van der Waals surface area (Å²) in [5, 5.41) is 4.01. The highest BCUT2D eigenvalue weighted by atomic mass is 35.5. The molecule has 0 heterocycles. The van der Waals surface area contributed by atoms with Crippen LogP contribution in [-0.2, 0) is 0 Å². The monoisotopic (exact) mass is 232 g/mol. The first-order valence-corrected chi connectivity index (χ1v) is 6.61. The SMILES string of the molecule is CN(C)CCCNCC1CCC(Cl)CC1. The molecular formula is C12H25ClN2. The predicted octanol–water partition coefficient (Wildman–Crippen LogP) is 2.33. The zero-order valence-corrected chi connectivity index (χ0v) is 10.9. The van der Waals surface area contributed by atoms with Gasteiger partial charge in [-0.05, 0) is 71.8 Å². The van der Waals surface area contributed by atoms with Gasteiger partial charge in [0.2, 0.25) is 0 Å². The molecule has 15 heavy (non-hydrogen) atoms. The molecule has 0 amide bonds. The molecule has 1 aliphatic rings. The zero-order chi connectivity index (χ0) is 11.1. The van der Waals surface area contributed by atoms with E-state index < -0.39 is 0 Å². The van der Waals surface area contributed by atoms with Crippen LogP contribution in [0.15, 0.2) is 0 Å². The molecule has 90 valence electrons. The van der Waals surface area contributed by atoms with Crippen molar-refractivity contribution in [2.75, 3.05) is 33.7 Å². The molecule has 0 bridgehead atoms. The van der Waals surface area contributed by atoms with Crippen LogP contribution in [0.5, 0.6) is 0 Å². The molecule has 0 aromatic rings. The molecule has 0 aromatic carbocycles. The Morgan fingerprint density at radius 1 is 1.20 bits per heavy atom. The average Bonchev–Trinajstić information content (AvgIpc) is 2.20. The summed E-state index contributed by atoms with van der Waals surface area (Å²) in [5.41, 5.74) is 0. The van der Waals surface area contributed by atoms with E-state index in [-0.39, 0.29) is 0 Å². The highest BCUT2D eigenvalue weighted by molar-refractivity contribution is 6.20. The number of rotatable bonds is 6. The number of hydrogen-bond donors (Lipinski definition) is 1.